The van der Waals surface area contributed by atoms with E-state index in [1.54, 1.807) is 0 Å². The Labute approximate surface area is 128 Å². The molecule has 1 aliphatic rings. The summed E-state index contributed by atoms with van der Waals surface area (Å²) in [5, 5.41) is 11.4. The topological polar surface area (TPSA) is 83.5 Å². The minimum atomic E-state index is -3.03. The molecule has 0 aromatic carbocycles. The van der Waals surface area contributed by atoms with Crippen LogP contribution in [0.2, 0.25) is 0 Å². The van der Waals surface area contributed by atoms with E-state index in [0.29, 0.717) is 19.4 Å². The zero-order valence-corrected chi connectivity index (χ0v) is 13.1. The fourth-order valence-corrected chi connectivity index (χ4v) is 4.63. The van der Waals surface area contributed by atoms with E-state index in [4.69, 9.17) is 5.11 Å². The lowest BCUT2D eigenvalue weighted by Crippen LogP contribution is -2.30. The Hall–Kier alpha value is -1.36. The summed E-state index contributed by atoms with van der Waals surface area (Å²) < 4.78 is 22.7. The second kappa shape index (κ2) is 7.07. The molecule has 1 fully saturated rings. The first-order valence-electron chi connectivity index (χ1n) is 6.67. The van der Waals surface area contributed by atoms with Gasteiger partial charge in [0.25, 0.3) is 0 Å². The Bertz CT molecular complexity index is 667. The summed E-state index contributed by atoms with van der Waals surface area (Å²) in [5.74, 6) is 5.23. The SMILES string of the molecule is O=C(NCc1ccc(C#CCCO)s1)C1CCS(=O)(=O)C1. The number of thiophene rings is 1. The molecule has 1 amide bonds. The van der Waals surface area contributed by atoms with Crippen molar-refractivity contribution in [2.45, 2.75) is 19.4 Å². The van der Waals surface area contributed by atoms with Gasteiger partial charge in [-0.05, 0) is 18.6 Å². The second-order valence-electron chi connectivity index (χ2n) is 4.86. The summed E-state index contributed by atoms with van der Waals surface area (Å²) in [4.78, 5) is 13.8. The van der Waals surface area contributed by atoms with Crippen molar-refractivity contribution in [2.75, 3.05) is 18.1 Å². The monoisotopic (exact) mass is 327 g/mol. The van der Waals surface area contributed by atoms with Gasteiger partial charge in [-0.1, -0.05) is 11.8 Å². The maximum Gasteiger partial charge on any atom is 0.224 e. The van der Waals surface area contributed by atoms with Gasteiger partial charge in [-0.2, -0.15) is 0 Å². The van der Waals surface area contributed by atoms with E-state index in [2.05, 4.69) is 17.2 Å². The van der Waals surface area contributed by atoms with E-state index in [1.165, 1.54) is 11.3 Å². The van der Waals surface area contributed by atoms with Gasteiger partial charge in [0.15, 0.2) is 9.84 Å². The summed E-state index contributed by atoms with van der Waals surface area (Å²) >= 11 is 1.48. The number of hydrogen-bond donors (Lipinski definition) is 2. The van der Waals surface area contributed by atoms with E-state index >= 15 is 0 Å². The van der Waals surface area contributed by atoms with Crippen molar-refractivity contribution in [1.29, 1.82) is 0 Å². The third-order valence-electron chi connectivity index (χ3n) is 3.15. The van der Waals surface area contributed by atoms with Crippen LogP contribution in [0.3, 0.4) is 0 Å². The molecule has 0 aliphatic carbocycles. The van der Waals surface area contributed by atoms with Crippen molar-refractivity contribution in [1.82, 2.24) is 5.32 Å². The first kappa shape index (κ1) is 16.0. The molecule has 2 heterocycles. The van der Waals surface area contributed by atoms with Gasteiger partial charge in [0.1, 0.15) is 0 Å². The van der Waals surface area contributed by atoms with Crippen molar-refractivity contribution in [3.05, 3.63) is 21.9 Å². The number of sulfone groups is 1. The van der Waals surface area contributed by atoms with Gasteiger partial charge < -0.3 is 10.4 Å². The molecule has 0 spiro atoms. The standard InChI is InChI=1S/C14H17NO4S2/c16-7-2-1-3-12-4-5-13(20-12)9-15-14(17)11-6-8-21(18,19)10-11/h4-5,11,16H,2,6-10H2,(H,15,17). The number of aliphatic hydroxyl groups is 1. The largest absolute Gasteiger partial charge is 0.395 e. The summed E-state index contributed by atoms with van der Waals surface area (Å²) in [6.07, 6.45) is 0.858. The summed E-state index contributed by atoms with van der Waals surface area (Å²) in [7, 11) is -3.03. The highest BCUT2D eigenvalue weighted by atomic mass is 32.2. The number of rotatable bonds is 4. The molecule has 1 unspecified atom stereocenters. The van der Waals surface area contributed by atoms with Gasteiger partial charge in [0.05, 0.1) is 35.5 Å². The third-order valence-corrected chi connectivity index (χ3v) is 5.92. The first-order chi connectivity index (χ1) is 10.00. The van der Waals surface area contributed by atoms with Crippen LogP contribution < -0.4 is 5.32 Å². The summed E-state index contributed by atoms with van der Waals surface area (Å²) in [6.45, 7) is 0.438. The molecular formula is C14H17NO4S2. The maximum absolute atomic E-state index is 11.9. The third kappa shape index (κ3) is 4.84. The van der Waals surface area contributed by atoms with Crippen LogP contribution in [0.4, 0.5) is 0 Å². The van der Waals surface area contributed by atoms with E-state index in [1.807, 2.05) is 12.1 Å². The zero-order valence-electron chi connectivity index (χ0n) is 11.5. The average Bonchev–Trinajstić information content (AvgIpc) is 3.03. The summed E-state index contributed by atoms with van der Waals surface area (Å²) in [6, 6.07) is 3.76. The van der Waals surface area contributed by atoms with E-state index in [9.17, 15) is 13.2 Å². The quantitative estimate of drug-likeness (QED) is 0.791. The van der Waals surface area contributed by atoms with Crippen molar-refractivity contribution in [2.24, 2.45) is 5.92 Å². The van der Waals surface area contributed by atoms with Crippen LogP contribution in [0.1, 0.15) is 22.6 Å². The molecule has 1 atom stereocenters. The van der Waals surface area contributed by atoms with Crippen LogP contribution in [0.25, 0.3) is 0 Å². The number of nitrogens with one attached hydrogen (secondary N) is 1. The van der Waals surface area contributed by atoms with Gasteiger partial charge in [-0.3, -0.25) is 4.79 Å². The lowest BCUT2D eigenvalue weighted by Gasteiger charge is -2.07. The molecule has 1 aliphatic heterocycles. The van der Waals surface area contributed by atoms with Crippen LogP contribution >= 0.6 is 11.3 Å². The fourth-order valence-electron chi connectivity index (χ4n) is 2.07. The van der Waals surface area contributed by atoms with E-state index < -0.39 is 15.8 Å². The van der Waals surface area contributed by atoms with Gasteiger partial charge in [-0.25, -0.2) is 8.42 Å². The van der Waals surface area contributed by atoms with E-state index in [-0.39, 0.29) is 24.0 Å². The Morgan fingerprint density at radius 3 is 2.95 bits per heavy atom. The molecule has 114 valence electrons. The predicted molar refractivity (Wildman–Crippen MR) is 81.5 cm³/mol. The highest BCUT2D eigenvalue weighted by molar-refractivity contribution is 7.91. The Morgan fingerprint density at radius 2 is 2.29 bits per heavy atom. The second-order valence-corrected chi connectivity index (χ2v) is 8.26. The number of carbonyl (C=O) groups is 1. The molecule has 0 saturated carbocycles. The molecule has 0 bridgehead atoms. The van der Waals surface area contributed by atoms with Crippen molar-refractivity contribution in [3.63, 3.8) is 0 Å². The van der Waals surface area contributed by atoms with Gasteiger partial charge in [-0.15, -0.1) is 11.3 Å². The van der Waals surface area contributed by atoms with Crippen LogP contribution in [0.5, 0.6) is 0 Å². The molecule has 7 heteroatoms. The van der Waals surface area contributed by atoms with Crippen LogP contribution in [-0.2, 0) is 21.2 Å². The minimum absolute atomic E-state index is 0.0405. The average molecular weight is 327 g/mol. The molecule has 5 nitrogen and oxygen atoms in total. The molecule has 21 heavy (non-hydrogen) atoms. The van der Waals surface area contributed by atoms with Gasteiger partial charge >= 0.3 is 0 Å². The molecular weight excluding hydrogens is 310 g/mol. The zero-order chi connectivity index (χ0) is 15.3. The van der Waals surface area contributed by atoms with Crippen molar-refractivity contribution < 1.29 is 18.3 Å². The Morgan fingerprint density at radius 1 is 1.48 bits per heavy atom. The molecule has 1 saturated heterocycles. The van der Waals surface area contributed by atoms with Crippen molar-refractivity contribution in [3.8, 4) is 11.8 Å². The fraction of sp³-hybridized carbons (Fsp3) is 0.500. The molecule has 1 aromatic heterocycles. The normalized spacial score (nSPS) is 19.8. The summed E-state index contributed by atoms with van der Waals surface area (Å²) in [5.41, 5.74) is 0. The maximum atomic E-state index is 11.9. The van der Waals surface area contributed by atoms with Crippen LogP contribution in [-0.4, -0.2) is 37.5 Å². The number of carbonyl (C=O) groups excluding carboxylic acids is 1. The Kier molecular flexibility index (Phi) is 5.39. The van der Waals surface area contributed by atoms with Gasteiger partial charge in [0.2, 0.25) is 5.91 Å². The lowest BCUT2D eigenvalue weighted by atomic mass is 10.1. The predicted octanol–water partition coefficient (Wildman–Crippen LogP) is 0.533. The molecule has 2 N–H and O–H groups in total. The lowest BCUT2D eigenvalue weighted by molar-refractivity contribution is -0.124. The van der Waals surface area contributed by atoms with Crippen molar-refractivity contribution >= 4 is 27.1 Å². The first-order valence-corrected chi connectivity index (χ1v) is 9.30. The minimum Gasteiger partial charge on any atom is -0.395 e. The number of hydrogen-bond acceptors (Lipinski definition) is 5. The molecule has 0 radical (unpaired) electrons. The van der Waals surface area contributed by atoms with Gasteiger partial charge in [0, 0.05) is 11.3 Å². The van der Waals surface area contributed by atoms with Crippen LogP contribution in [0.15, 0.2) is 12.1 Å². The number of aliphatic hydroxyl groups excluding tert-OH is 1. The molecule has 2 rings (SSSR count). The highest BCUT2D eigenvalue weighted by Crippen LogP contribution is 2.19. The smallest absolute Gasteiger partial charge is 0.224 e. The Balaban J connectivity index is 1.84. The molecule has 1 aromatic rings. The van der Waals surface area contributed by atoms with E-state index in [0.717, 1.165) is 9.75 Å². The number of amides is 1. The highest BCUT2D eigenvalue weighted by Gasteiger charge is 2.32. The van der Waals surface area contributed by atoms with Crippen LogP contribution in [0, 0.1) is 17.8 Å².